The molecule has 12 heavy (non-hydrogen) atoms. The minimum atomic E-state index is -0.538. The SMILES string of the molecule is CSCc1noc(C(C)(C)N)n1. The molecule has 0 aliphatic rings. The number of rotatable bonds is 3. The van der Waals surface area contributed by atoms with Crippen molar-refractivity contribution in [3.8, 4) is 0 Å². The molecule has 0 bridgehead atoms. The lowest BCUT2D eigenvalue weighted by Crippen LogP contribution is -2.29. The summed E-state index contributed by atoms with van der Waals surface area (Å²) in [7, 11) is 0. The monoisotopic (exact) mass is 187 g/mol. The normalized spacial score (nSPS) is 12.0. The molecular formula is C7H13N3OS. The third-order valence-electron chi connectivity index (χ3n) is 1.29. The molecule has 0 radical (unpaired) electrons. The second kappa shape index (κ2) is 3.45. The van der Waals surface area contributed by atoms with Crippen LogP contribution in [-0.2, 0) is 11.3 Å². The summed E-state index contributed by atoms with van der Waals surface area (Å²) in [6.07, 6.45) is 1.99. The summed E-state index contributed by atoms with van der Waals surface area (Å²) in [6.45, 7) is 3.67. The van der Waals surface area contributed by atoms with Gasteiger partial charge in [0.05, 0.1) is 11.3 Å². The standard InChI is InChI=1S/C7H13N3OS/c1-7(2,8)6-9-5(4-12-3)10-11-6/h4,8H2,1-3H3. The molecule has 68 valence electrons. The molecule has 0 saturated carbocycles. The van der Waals surface area contributed by atoms with Crippen molar-refractivity contribution in [3.63, 3.8) is 0 Å². The molecule has 0 aromatic carbocycles. The van der Waals surface area contributed by atoms with Crippen LogP contribution in [0, 0.1) is 0 Å². The van der Waals surface area contributed by atoms with Crippen LogP contribution in [0.4, 0.5) is 0 Å². The molecule has 1 rings (SSSR count). The number of hydrogen-bond donors (Lipinski definition) is 1. The van der Waals surface area contributed by atoms with Gasteiger partial charge in [0.2, 0.25) is 5.89 Å². The predicted molar refractivity (Wildman–Crippen MR) is 48.7 cm³/mol. The lowest BCUT2D eigenvalue weighted by Gasteiger charge is -2.10. The first-order valence-corrected chi connectivity index (χ1v) is 5.04. The fraction of sp³-hybridized carbons (Fsp3) is 0.714. The molecule has 4 nitrogen and oxygen atoms in total. The van der Waals surface area contributed by atoms with Gasteiger partial charge in [-0.2, -0.15) is 16.7 Å². The maximum atomic E-state index is 5.76. The summed E-state index contributed by atoms with van der Waals surface area (Å²) in [5.74, 6) is 1.96. The van der Waals surface area contributed by atoms with Gasteiger partial charge in [-0.05, 0) is 20.1 Å². The maximum absolute atomic E-state index is 5.76. The Labute approximate surface area is 75.9 Å². The van der Waals surface area contributed by atoms with Crippen LogP contribution in [0.15, 0.2) is 4.52 Å². The van der Waals surface area contributed by atoms with Crippen molar-refractivity contribution in [2.24, 2.45) is 5.73 Å². The summed E-state index contributed by atoms with van der Waals surface area (Å²) in [6, 6.07) is 0. The topological polar surface area (TPSA) is 64.9 Å². The zero-order chi connectivity index (χ0) is 9.19. The highest BCUT2D eigenvalue weighted by Gasteiger charge is 2.21. The van der Waals surface area contributed by atoms with Gasteiger partial charge in [0.1, 0.15) is 0 Å². The van der Waals surface area contributed by atoms with Crippen LogP contribution < -0.4 is 5.73 Å². The molecule has 0 unspecified atom stereocenters. The van der Waals surface area contributed by atoms with Crippen molar-refractivity contribution >= 4 is 11.8 Å². The van der Waals surface area contributed by atoms with E-state index in [9.17, 15) is 0 Å². The number of aromatic nitrogens is 2. The van der Waals surface area contributed by atoms with Crippen molar-refractivity contribution in [1.82, 2.24) is 10.1 Å². The number of nitrogens with two attached hydrogens (primary N) is 1. The first-order chi connectivity index (χ1) is 5.54. The molecule has 0 amide bonds. The van der Waals surface area contributed by atoms with E-state index in [1.165, 1.54) is 0 Å². The van der Waals surface area contributed by atoms with Crippen molar-refractivity contribution < 1.29 is 4.52 Å². The largest absolute Gasteiger partial charge is 0.337 e. The summed E-state index contributed by atoms with van der Waals surface area (Å²) in [5, 5.41) is 3.79. The van der Waals surface area contributed by atoms with Crippen LogP contribution in [0.5, 0.6) is 0 Å². The highest BCUT2D eigenvalue weighted by molar-refractivity contribution is 7.97. The smallest absolute Gasteiger partial charge is 0.246 e. The van der Waals surface area contributed by atoms with E-state index < -0.39 is 5.54 Å². The summed E-state index contributed by atoms with van der Waals surface area (Å²) in [4.78, 5) is 4.15. The molecule has 0 aliphatic heterocycles. The maximum Gasteiger partial charge on any atom is 0.246 e. The predicted octanol–water partition coefficient (Wildman–Crippen LogP) is 1.13. The van der Waals surface area contributed by atoms with E-state index in [-0.39, 0.29) is 0 Å². The van der Waals surface area contributed by atoms with Gasteiger partial charge in [-0.15, -0.1) is 0 Å². The lowest BCUT2D eigenvalue weighted by molar-refractivity contribution is 0.310. The average molecular weight is 187 g/mol. The van der Waals surface area contributed by atoms with E-state index in [0.29, 0.717) is 11.7 Å². The molecule has 1 heterocycles. The minimum Gasteiger partial charge on any atom is -0.337 e. The third-order valence-corrected chi connectivity index (χ3v) is 1.84. The van der Waals surface area contributed by atoms with E-state index in [0.717, 1.165) is 5.75 Å². The Kier molecular flexibility index (Phi) is 2.74. The Bertz CT molecular complexity index is 253. The van der Waals surface area contributed by atoms with Gasteiger partial charge < -0.3 is 10.3 Å². The molecule has 1 aromatic heterocycles. The van der Waals surface area contributed by atoms with Gasteiger partial charge in [-0.1, -0.05) is 5.16 Å². The van der Waals surface area contributed by atoms with Gasteiger partial charge in [0.15, 0.2) is 5.82 Å². The van der Waals surface area contributed by atoms with Crippen molar-refractivity contribution in [2.45, 2.75) is 25.1 Å². The molecule has 0 saturated heterocycles. The second-order valence-corrected chi connectivity index (χ2v) is 4.04. The third kappa shape index (κ3) is 2.22. The van der Waals surface area contributed by atoms with Crippen LogP contribution in [-0.4, -0.2) is 16.4 Å². The van der Waals surface area contributed by atoms with Gasteiger partial charge in [0, 0.05) is 0 Å². The Morgan fingerprint density at radius 3 is 2.67 bits per heavy atom. The highest BCUT2D eigenvalue weighted by atomic mass is 32.2. The van der Waals surface area contributed by atoms with Crippen molar-refractivity contribution in [3.05, 3.63) is 11.7 Å². The van der Waals surface area contributed by atoms with Gasteiger partial charge in [-0.3, -0.25) is 0 Å². The number of thioether (sulfide) groups is 1. The number of nitrogens with zero attached hydrogens (tertiary/aromatic N) is 2. The van der Waals surface area contributed by atoms with Gasteiger partial charge in [0.25, 0.3) is 0 Å². The van der Waals surface area contributed by atoms with Crippen LogP contribution in [0.2, 0.25) is 0 Å². The molecule has 1 aromatic rings. The molecule has 0 spiro atoms. The molecule has 0 aliphatic carbocycles. The fourth-order valence-electron chi connectivity index (χ4n) is 0.703. The van der Waals surface area contributed by atoms with Crippen molar-refractivity contribution in [2.75, 3.05) is 6.26 Å². The Morgan fingerprint density at radius 2 is 2.25 bits per heavy atom. The fourth-order valence-corrected chi connectivity index (χ4v) is 1.08. The van der Waals surface area contributed by atoms with E-state index in [1.807, 2.05) is 20.1 Å². The average Bonchev–Trinajstić information content (AvgIpc) is 2.35. The highest BCUT2D eigenvalue weighted by Crippen LogP contribution is 2.15. The van der Waals surface area contributed by atoms with Crippen LogP contribution in [0.1, 0.15) is 25.6 Å². The van der Waals surface area contributed by atoms with Crippen LogP contribution in [0.3, 0.4) is 0 Å². The molecule has 5 heteroatoms. The van der Waals surface area contributed by atoms with E-state index in [4.69, 9.17) is 10.3 Å². The van der Waals surface area contributed by atoms with E-state index in [2.05, 4.69) is 10.1 Å². The summed E-state index contributed by atoms with van der Waals surface area (Å²) >= 11 is 1.65. The summed E-state index contributed by atoms with van der Waals surface area (Å²) < 4.78 is 4.98. The van der Waals surface area contributed by atoms with Crippen molar-refractivity contribution in [1.29, 1.82) is 0 Å². The van der Waals surface area contributed by atoms with Gasteiger partial charge in [-0.25, -0.2) is 0 Å². The van der Waals surface area contributed by atoms with E-state index in [1.54, 1.807) is 11.8 Å². The van der Waals surface area contributed by atoms with Gasteiger partial charge >= 0.3 is 0 Å². The first-order valence-electron chi connectivity index (χ1n) is 3.65. The second-order valence-electron chi connectivity index (χ2n) is 3.17. The Morgan fingerprint density at radius 1 is 1.58 bits per heavy atom. The van der Waals surface area contributed by atoms with Crippen LogP contribution >= 0.6 is 11.8 Å². The first kappa shape index (κ1) is 9.54. The molecule has 2 N–H and O–H groups in total. The Hall–Kier alpha value is -0.550. The molecule has 0 fully saturated rings. The zero-order valence-electron chi connectivity index (χ0n) is 7.50. The zero-order valence-corrected chi connectivity index (χ0v) is 8.31. The lowest BCUT2D eigenvalue weighted by atomic mass is 10.1. The molecular weight excluding hydrogens is 174 g/mol. The Balaban J connectivity index is 2.77. The minimum absolute atomic E-state index is 0.492. The molecule has 0 atom stereocenters. The number of hydrogen-bond acceptors (Lipinski definition) is 5. The van der Waals surface area contributed by atoms with Crippen LogP contribution in [0.25, 0.3) is 0 Å². The van der Waals surface area contributed by atoms with E-state index >= 15 is 0 Å². The summed E-state index contributed by atoms with van der Waals surface area (Å²) in [5.41, 5.74) is 5.23. The quantitative estimate of drug-likeness (QED) is 0.768.